The van der Waals surface area contributed by atoms with Gasteiger partial charge in [-0.25, -0.2) is 0 Å². The molecule has 0 N–H and O–H groups in total. The van der Waals surface area contributed by atoms with E-state index in [1.165, 1.54) is 38.6 Å². The molecule has 0 radical (unpaired) electrons. The average molecular weight is 403 g/mol. The summed E-state index contributed by atoms with van der Waals surface area (Å²) >= 11 is 0. The third kappa shape index (κ3) is 3.54. The second kappa shape index (κ2) is 8.26. The third-order valence-electron chi connectivity index (χ3n) is 8.53. The molecular weight excluding hydrogens is 360 g/mol. The van der Waals surface area contributed by atoms with Crippen molar-refractivity contribution in [2.75, 3.05) is 34.4 Å². The van der Waals surface area contributed by atoms with Crippen molar-refractivity contribution in [2.45, 2.75) is 89.8 Å². The van der Waals surface area contributed by atoms with Crippen LogP contribution in [0, 0.1) is 10.8 Å². The molecule has 0 aromatic rings. The molecule has 1 unspecified atom stereocenters. The fourth-order valence-electron chi connectivity index (χ4n) is 7.06. The highest BCUT2D eigenvalue weighted by molar-refractivity contribution is 5.35. The van der Waals surface area contributed by atoms with Gasteiger partial charge in [0.1, 0.15) is 11.5 Å². The summed E-state index contributed by atoms with van der Waals surface area (Å²) in [5, 5.41) is 0. The van der Waals surface area contributed by atoms with E-state index in [1.807, 2.05) is 14.2 Å². The van der Waals surface area contributed by atoms with Gasteiger partial charge in [-0.2, -0.15) is 0 Å². The Kier molecular flexibility index (Phi) is 6.05. The Morgan fingerprint density at radius 1 is 0.931 bits per heavy atom. The first-order valence-corrected chi connectivity index (χ1v) is 12.0. The van der Waals surface area contributed by atoms with Crippen molar-refractivity contribution in [2.24, 2.45) is 10.8 Å². The Bertz CT molecular complexity index is 611. The van der Waals surface area contributed by atoms with E-state index in [2.05, 4.69) is 42.8 Å². The maximum atomic E-state index is 6.09. The zero-order valence-electron chi connectivity index (χ0n) is 19.4. The van der Waals surface area contributed by atoms with E-state index in [0.29, 0.717) is 0 Å². The molecule has 1 aliphatic carbocycles. The van der Waals surface area contributed by atoms with Crippen LogP contribution in [0.5, 0.6) is 0 Å². The number of hydrogen-bond donors (Lipinski definition) is 0. The molecule has 4 rings (SSSR count). The van der Waals surface area contributed by atoms with E-state index < -0.39 is 0 Å². The molecule has 164 valence electrons. The predicted molar refractivity (Wildman–Crippen MR) is 119 cm³/mol. The molecule has 0 aromatic heterocycles. The lowest BCUT2D eigenvalue weighted by Gasteiger charge is -2.43. The van der Waals surface area contributed by atoms with E-state index in [4.69, 9.17) is 9.47 Å². The minimum atomic E-state index is -0.0711. The monoisotopic (exact) mass is 402 g/mol. The molecule has 4 nitrogen and oxygen atoms in total. The van der Waals surface area contributed by atoms with Crippen molar-refractivity contribution < 1.29 is 9.47 Å². The molecule has 4 heteroatoms. The lowest BCUT2D eigenvalue weighted by molar-refractivity contribution is 0.0796. The van der Waals surface area contributed by atoms with Crippen LogP contribution in [-0.4, -0.2) is 62.3 Å². The number of methoxy groups -OCH3 is 2. The standard InChI is InChI=1S/C25H42N2O2/c1-6-10-25(11-7-2)22(28-4)16-24(17-23(25)29-5)12-13-27(18-24)21-14-19-8-9-20(15-21)26(19)3/h16-17,19-21H,6-15,18H2,1-5H3/t19-,20+,21?. The number of nitrogens with zero attached hydrogens (tertiary/aromatic N) is 2. The lowest BCUT2D eigenvalue weighted by Crippen LogP contribution is -2.48. The quantitative estimate of drug-likeness (QED) is 0.601. The Hall–Kier alpha value is -1.00. The maximum Gasteiger partial charge on any atom is 0.106 e. The van der Waals surface area contributed by atoms with E-state index in [0.717, 1.165) is 61.9 Å². The molecule has 29 heavy (non-hydrogen) atoms. The Labute approximate surface area is 178 Å². The molecule has 3 saturated heterocycles. The fraction of sp³-hybridized carbons (Fsp3) is 0.840. The molecule has 4 aliphatic rings. The van der Waals surface area contributed by atoms with Crippen molar-refractivity contribution >= 4 is 0 Å². The van der Waals surface area contributed by atoms with Gasteiger partial charge in [-0.3, -0.25) is 4.90 Å². The van der Waals surface area contributed by atoms with Gasteiger partial charge in [0.05, 0.1) is 19.6 Å². The van der Waals surface area contributed by atoms with Gasteiger partial charge in [-0.05, 0) is 70.7 Å². The largest absolute Gasteiger partial charge is 0.500 e. The number of hydrogen-bond acceptors (Lipinski definition) is 4. The average Bonchev–Trinajstić information content (AvgIpc) is 3.19. The molecule has 3 heterocycles. The van der Waals surface area contributed by atoms with Crippen LogP contribution < -0.4 is 0 Å². The maximum absolute atomic E-state index is 6.09. The van der Waals surface area contributed by atoms with Crippen molar-refractivity contribution in [1.29, 1.82) is 0 Å². The minimum Gasteiger partial charge on any atom is -0.500 e. The second-order valence-electron chi connectivity index (χ2n) is 10.1. The molecule has 3 fully saturated rings. The van der Waals surface area contributed by atoms with Gasteiger partial charge >= 0.3 is 0 Å². The van der Waals surface area contributed by atoms with Gasteiger partial charge in [0.25, 0.3) is 0 Å². The highest BCUT2D eigenvalue weighted by Crippen LogP contribution is 2.53. The summed E-state index contributed by atoms with van der Waals surface area (Å²) in [5.74, 6) is 2.32. The smallest absolute Gasteiger partial charge is 0.106 e. The van der Waals surface area contributed by atoms with Gasteiger partial charge in [0.15, 0.2) is 0 Å². The molecule has 3 aliphatic heterocycles. The van der Waals surface area contributed by atoms with E-state index >= 15 is 0 Å². The first-order valence-electron chi connectivity index (χ1n) is 12.0. The minimum absolute atomic E-state index is 0.0711. The Morgan fingerprint density at radius 3 is 1.97 bits per heavy atom. The zero-order chi connectivity index (χ0) is 20.6. The number of ether oxygens (including phenoxy) is 2. The molecule has 0 aromatic carbocycles. The van der Waals surface area contributed by atoms with Crippen LogP contribution in [0.15, 0.2) is 23.7 Å². The number of fused-ring (bicyclic) bond motifs is 2. The zero-order valence-corrected chi connectivity index (χ0v) is 19.4. The number of likely N-dealkylation sites (tertiary alicyclic amines) is 1. The van der Waals surface area contributed by atoms with Crippen LogP contribution in [0.4, 0.5) is 0 Å². The number of rotatable bonds is 7. The Morgan fingerprint density at radius 2 is 1.48 bits per heavy atom. The number of piperidine rings is 1. The van der Waals surface area contributed by atoms with Gasteiger partial charge < -0.3 is 14.4 Å². The SMILES string of the molecule is CCCC1(CCC)C(OC)=CC2(C=C1OC)CCN(C1C[C@H]3CC[C@@H](C1)N3C)C2. The highest BCUT2D eigenvalue weighted by Gasteiger charge is 2.50. The van der Waals surface area contributed by atoms with Crippen LogP contribution in [0.1, 0.15) is 71.6 Å². The van der Waals surface area contributed by atoms with E-state index in [-0.39, 0.29) is 10.8 Å². The molecule has 3 atom stereocenters. The molecule has 0 amide bonds. The van der Waals surface area contributed by atoms with Gasteiger partial charge in [-0.15, -0.1) is 0 Å². The Balaban J connectivity index is 1.58. The summed E-state index contributed by atoms with van der Waals surface area (Å²) in [6.07, 6.45) is 16.1. The second-order valence-corrected chi connectivity index (χ2v) is 10.1. The third-order valence-corrected chi connectivity index (χ3v) is 8.53. The highest BCUT2D eigenvalue weighted by atomic mass is 16.5. The molecule has 1 spiro atoms. The van der Waals surface area contributed by atoms with Crippen molar-refractivity contribution in [1.82, 2.24) is 9.80 Å². The molecular formula is C25H42N2O2. The van der Waals surface area contributed by atoms with Crippen LogP contribution in [0.25, 0.3) is 0 Å². The van der Waals surface area contributed by atoms with Crippen LogP contribution in [0.3, 0.4) is 0 Å². The molecule has 0 saturated carbocycles. The summed E-state index contributed by atoms with van der Waals surface area (Å²) in [7, 11) is 6.06. The summed E-state index contributed by atoms with van der Waals surface area (Å²) in [5.41, 5.74) is 0.00238. The van der Waals surface area contributed by atoms with E-state index in [1.54, 1.807) is 0 Å². The van der Waals surface area contributed by atoms with Gasteiger partial charge in [0, 0.05) is 30.1 Å². The molecule has 2 bridgehead atoms. The van der Waals surface area contributed by atoms with Gasteiger partial charge in [-0.1, -0.05) is 26.7 Å². The van der Waals surface area contributed by atoms with E-state index in [9.17, 15) is 0 Å². The summed E-state index contributed by atoms with van der Waals surface area (Å²) in [6, 6.07) is 2.36. The summed E-state index contributed by atoms with van der Waals surface area (Å²) in [4.78, 5) is 5.44. The van der Waals surface area contributed by atoms with Crippen molar-refractivity contribution in [3.05, 3.63) is 23.7 Å². The van der Waals surface area contributed by atoms with Crippen LogP contribution >= 0.6 is 0 Å². The van der Waals surface area contributed by atoms with Crippen LogP contribution in [-0.2, 0) is 9.47 Å². The van der Waals surface area contributed by atoms with Gasteiger partial charge in [0.2, 0.25) is 0 Å². The first kappa shape index (κ1) is 21.2. The summed E-state index contributed by atoms with van der Waals surface area (Å²) in [6.45, 7) is 6.86. The first-order chi connectivity index (χ1) is 14.0. The lowest BCUT2D eigenvalue weighted by atomic mass is 9.67. The normalized spacial score (nSPS) is 33.6. The topological polar surface area (TPSA) is 24.9 Å². The fourth-order valence-corrected chi connectivity index (χ4v) is 7.06. The van der Waals surface area contributed by atoms with Crippen molar-refractivity contribution in [3.63, 3.8) is 0 Å². The van der Waals surface area contributed by atoms with Crippen molar-refractivity contribution in [3.8, 4) is 0 Å². The summed E-state index contributed by atoms with van der Waals surface area (Å²) < 4.78 is 12.2. The predicted octanol–water partition coefficient (Wildman–Crippen LogP) is 4.96. The van der Waals surface area contributed by atoms with Crippen LogP contribution in [0.2, 0.25) is 0 Å².